The third kappa shape index (κ3) is 3.11. The van der Waals surface area contributed by atoms with E-state index < -0.39 is 0 Å². The molecule has 0 bridgehead atoms. The van der Waals surface area contributed by atoms with Crippen molar-refractivity contribution in [1.82, 2.24) is 19.3 Å². The summed E-state index contributed by atoms with van der Waals surface area (Å²) in [6, 6.07) is 3.44. The summed E-state index contributed by atoms with van der Waals surface area (Å²) in [5.41, 5.74) is 2.71. The van der Waals surface area contributed by atoms with Crippen LogP contribution in [0.25, 0.3) is 4.96 Å². The monoisotopic (exact) mass is 358 g/mol. The molecule has 3 aromatic rings. The number of aromatic nitrogens is 3. The Hall–Kier alpha value is -2.41. The van der Waals surface area contributed by atoms with Crippen LogP contribution in [0, 0.1) is 13.8 Å². The van der Waals surface area contributed by atoms with Gasteiger partial charge in [-0.05, 0) is 31.9 Å². The van der Waals surface area contributed by atoms with Crippen molar-refractivity contribution in [2.45, 2.75) is 40.2 Å². The summed E-state index contributed by atoms with van der Waals surface area (Å²) in [6.45, 7) is 8.43. The molecule has 132 valence electrons. The van der Waals surface area contributed by atoms with E-state index in [0.29, 0.717) is 6.54 Å². The molecule has 25 heavy (non-hydrogen) atoms. The van der Waals surface area contributed by atoms with Gasteiger partial charge in [0.1, 0.15) is 5.56 Å². The molecule has 0 fully saturated rings. The predicted molar refractivity (Wildman–Crippen MR) is 99.5 cm³/mol. The normalized spacial score (nSPS) is 11.4. The van der Waals surface area contributed by atoms with Gasteiger partial charge >= 0.3 is 0 Å². The van der Waals surface area contributed by atoms with Crippen molar-refractivity contribution in [2.24, 2.45) is 7.05 Å². The van der Waals surface area contributed by atoms with Crippen LogP contribution in [-0.4, -0.2) is 19.9 Å². The summed E-state index contributed by atoms with van der Waals surface area (Å²) in [6.07, 6.45) is 1.93. The maximum atomic E-state index is 12.4. The molecule has 0 saturated heterocycles. The van der Waals surface area contributed by atoms with E-state index in [9.17, 15) is 9.59 Å². The number of hydrogen-bond acceptors (Lipinski definition) is 4. The zero-order chi connectivity index (χ0) is 18.3. The number of carbonyl (C=O) groups is 1. The van der Waals surface area contributed by atoms with Crippen LogP contribution in [0.15, 0.2) is 23.1 Å². The highest BCUT2D eigenvalue weighted by Crippen LogP contribution is 2.21. The van der Waals surface area contributed by atoms with Gasteiger partial charge in [-0.15, -0.1) is 11.3 Å². The molecule has 0 radical (unpaired) electrons. The molecule has 0 aliphatic heterocycles. The van der Waals surface area contributed by atoms with E-state index in [4.69, 9.17) is 0 Å². The second kappa shape index (κ2) is 6.48. The van der Waals surface area contributed by atoms with Crippen LogP contribution in [0.2, 0.25) is 0 Å². The van der Waals surface area contributed by atoms with Crippen molar-refractivity contribution in [3.63, 3.8) is 0 Å². The van der Waals surface area contributed by atoms with Crippen LogP contribution in [-0.2, 0) is 13.6 Å². The summed E-state index contributed by atoms with van der Waals surface area (Å²) in [5.74, 6) is -0.153. The Balaban J connectivity index is 1.78. The fourth-order valence-corrected chi connectivity index (χ4v) is 3.83. The highest BCUT2D eigenvalue weighted by atomic mass is 32.1. The fraction of sp³-hybridized carbons (Fsp3) is 0.389. The first-order chi connectivity index (χ1) is 11.8. The Morgan fingerprint density at radius 1 is 1.32 bits per heavy atom. The maximum Gasteiger partial charge on any atom is 0.263 e. The standard InChI is InChI=1S/C18H22N4O2S/c1-10(2)15-7-6-14(17(24)21(15)5)16(23)19-8-13-9-22-11(3)12(4)25-18(22)20-13/h6-7,9-10H,8H2,1-5H3,(H,19,23). The molecule has 6 nitrogen and oxygen atoms in total. The topological polar surface area (TPSA) is 68.4 Å². The molecule has 0 aromatic carbocycles. The molecule has 0 unspecified atom stereocenters. The van der Waals surface area contributed by atoms with Crippen molar-refractivity contribution in [2.75, 3.05) is 0 Å². The number of rotatable bonds is 4. The maximum absolute atomic E-state index is 12.4. The molecule has 1 amide bonds. The molecular formula is C18H22N4O2S. The Bertz CT molecular complexity index is 1010. The van der Waals surface area contributed by atoms with E-state index in [0.717, 1.165) is 22.0 Å². The number of hydrogen-bond donors (Lipinski definition) is 1. The zero-order valence-electron chi connectivity index (χ0n) is 15.1. The first-order valence-corrected chi connectivity index (χ1v) is 9.03. The van der Waals surface area contributed by atoms with Gasteiger partial charge in [0, 0.05) is 29.5 Å². The van der Waals surface area contributed by atoms with Crippen LogP contribution >= 0.6 is 11.3 Å². The van der Waals surface area contributed by atoms with E-state index in [1.54, 1.807) is 24.5 Å². The Morgan fingerprint density at radius 2 is 2.04 bits per heavy atom. The quantitative estimate of drug-likeness (QED) is 0.780. The van der Waals surface area contributed by atoms with E-state index in [-0.39, 0.29) is 22.9 Å². The van der Waals surface area contributed by atoms with E-state index in [1.807, 2.05) is 37.4 Å². The van der Waals surface area contributed by atoms with Crippen molar-refractivity contribution in [3.05, 3.63) is 56.2 Å². The number of thiazole rings is 1. The average Bonchev–Trinajstić information content (AvgIpc) is 3.07. The van der Waals surface area contributed by atoms with Crippen LogP contribution < -0.4 is 10.9 Å². The number of fused-ring (bicyclic) bond motifs is 1. The molecule has 0 saturated carbocycles. The number of amides is 1. The van der Waals surface area contributed by atoms with Crippen molar-refractivity contribution < 1.29 is 4.79 Å². The number of pyridine rings is 1. The van der Waals surface area contributed by atoms with Gasteiger partial charge in [0.2, 0.25) is 0 Å². The van der Waals surface area contributed by atoms with Gasteiger partial charge in [-0.3, -0.25) is 14.0 Å². The summed E-state index contributed by atoms with van der Waals surface area (Å²) in [7, 11) is 1.70. The Kier molecular flexibility index (Phi) is 4.51. The molecule has 0 aliphatic carbocycles. The molecule has 0 spiro atoms. The highest BCUT2D eigenvalue weighted by Gasteiger charge is 2.15. The van der Waals surface area contributed by atoms with Crippen molar-refractivity contribution >= 4 is 22.2 Å². The number of nitrogens with one attached hydrogen (secondary N) is 1. The summed E-state index contributed by atoms with van der Waals surface area (Å²) >= 11 is 1.62. The molecule has 3 aromatic heterocycles. The van der Waals surface area contributed by atoms with Gasteiger partial charge in [0.05, 0.1) is 12.2 Å². The lowest BCUT2D eigenvalue weighted by Crippen LogP contribution is -2.33. The number of carbonyl (C=O) groups excluding carboxylic acids is 1. The van der Waals surface area contributed by atoms with Gasteiger partial charge in [0.25, 0.3) is 11.5 Å². The van der Waals surface area contributed by atoms with E-state index in [2.05, 4.69) is 17.2 Å². The third-order valence-corrected chi connectivity index (χ3v) is 5.52. The summed E-state index contributed by atoms with van der Waals surface area (Å²) < 4.78 is 3.57. The number of nitrogens with zero attached hydrogens (tertiary/aromatic N) is 3. The minimum absolute atomic E-state index is 0.153. The van der Waals surface area contributed by atoms with E-state index >= 15 is 0 Å². The van der Waals surface area contributed by atoms with Crippen LogP contribution in [0.3, 0.4) is 0 Å². The number of aryl methyl sites for hydroxylation is 2. The molecule has 3 rings (SSSR count). The summed E-state index contributed by atoms with van der Waals surface area (Å²) in [5, 5.41) is 2.79. The lowest BCUT2D eigenvalue weighted by molar-refractivity contribution is 0.0948. The molecular weight excluding hydrogens is 336 g/mol. The summed E-state index contributed by atoms with van der Waals surface area (Å²) in [4.78, 5) is 31.5. The Labute approximate surface area is 150 Å². The van der Waals surface area contributed by atoms with Gasteiger partial charge in [-0.1, -0.05) is 13.8 Å². The lowest BCUT2D eigenvalue weighted by Gasteiger charge is -2.12. The predicted octanol–water partition coefficient (Wildman–Crippen LogP) is 2.76. The lowest BCUT2D eigenvalue weighted by atomic mass is 10.1. The largest absolute Gasteiger partial charge is 0.346 e. The fourth-order valence-electron chi connectivity index (χ4n) is 2.86. The molecule has 0 aliphatic rings. The minimum Gasteiger partial charge on any atom is -0.346 e. The van der Waals surface area contributed by atoms with Crippen LogP contribution in [0.4, 0.5) is 0 Å². The van der Waals surface area contributed by atoms with Gasteiger partial charge in [0.15, 0.2) is 4.96 Å². The first kappa shape index (κ1) is 17.4. The smallest absolute Gasteiger partial charge is 0.263 e. The van der Waals surface area contributed by atoms with Gasteiger partial charge in [-0.2, -0.15) is 0 Å². The van der Waals surface area contributed by atoms with Gasteiger partial charge < -0.3 is 9.88 Å². The second-order valence-corrected chi connectivity index (χ2v) is 7.68. The van der Waals surface area contributed by atoms with Crippen LogP contribution in [0.1, 0.15) is 52.1 Å². The first-order valence-electron chi connectivity index (χ1n) is 8.21. The van der Waals surface area contributed by atoms with Crippen LogP contribution in [0.5, 0.6) is 0 Å². The molecule has 1 N–H and O–H groups in total. The SMILES string of the molecule is Cc1sc2nc(CNC(=O)c3ccc(C(C)C)n(C)c3=O)cn2c1C. The highest BCUT2D eigenvalue weighted by molar-refractivity contribution is 7.17. The Morgan fingerprint density at radius 3 is 2.68 bits per heavy atom. The third-order valence-electron chi connectivity index (χ3n) is 4.45. The average molecular weight is 358 g/mol. The van der Waals surface area contributed by atoms with Crippen molar-refractivity contribution in [1.29, 1.82) is 0 Å². The molecule has 0 atom stereocenters. The second-order valence-electron chi connectivity index (χ2n) is 6.50. The van der Waals surface area contributed by atoms with E-state index in [1.165, 1.54) is 9.44 Å². The van der Waals surface area contributed by atoms with Crippen molar-refractivity contribution in [3.8, 4) is 0 Å². The minimum atomic E-state index is -0.375. The molecule has 7 heteroatoms. The number of imidazole rings is 1. The zero-order valence-corrected chi connectivity index (χ0v) is 15.9. The molecule has 3 heterocycles. The van der Waals surface area contributed by atoms with Gasteiger partial charge in [-0.25, -0.2) is 4.98 Å².